The summed E-state index contributed by atoms with van der Waals surface area (Å²) in [5.41, 5.74) is 0.441. The van der Waals surface area contributed by atoms with E-state index in [0.717, 1.165) is 0 Å². The molecule has 1 N–H and O–H groups in total. The molecule has 1 aromatic rings. The van der Waals surface area contributed by atoms with Crippen molar-refractivity contribution in [3.8, 4) is 11.5 Å². The fourth-order valence-corrected chi connectivity index (χ4v) is 1.20. The minimum atomic E-state index is 0.0704. The zero-order valence-corrected chi connectivity index (χ0v) is 9.72. The second-order valence-electron chi connectivity index (χ2n) is 3.29. The van der Waals surface area contributed by atoms with Gasteiger partial charge in [0.1, 0.15) is 11.5 Å². The van der Waals surface area contributed by atoms with E-state index >= 15 is 0 Å². The Morgan fingerprint density at radius 3 is 2.82 bits per heavy atom. The highest BCUT2D eigenvalue weighted by atomic mass is 16.7. The maximum Gasteiger partial charge on any atom is 0.188 e. The van der Waals surface area contributed by atoms with E-state index in [9.17, 15) is 4.79 Å². The van der Waals surface area contributed by atoms with Crippen molar-refractivity contribution in [1.82, 2.24) is 0 Å². The van der Waals surface area contributed by atoms with Crippen LogP contribution in [0.5, 0.6) is 11.5 Å². The summed E-state index contributed by atoms with van der Waals surface area (Å²) in [6, 6.07) is 4.92. The summed E-state index contributed by atoms with van der Waals surface area (Å²) in [7, 11) is 1.50. The van der Waals surface area contributed by atoms with Gasteiger partial charge in [0.05, 0.1) is 12.2 Å². The molecule has 0 aliphatic rings. The SMILES string of the molecule is COCOc1cc(OCCCO)ccc1C=O. The molecule has 0 amide bonds. The summed E-state index contributed by atoms with van der Waals surface area (Å²) >= 11 is 0. The summed E-state index contributed by atoms with van der Waals surface area (Å²) < 4.78 is 15.4. The number of carbonyl (C=O) groups excluding carboxylic acids is 1. The van der Waals surface area contributed by atoms with Gasteiger partial charge in [-0.15, -0.1) is 0 Å². The van der Waals surface area contributed by atoms with Crippen molar-refractivity contribution < 1.29 is 24.1 Å². The van der Waals surface area contributed by atoms with Crippen LogP contribution in [0.1, 0.15) is 16.8 Å². The van der Waals surface area contributed by atoms with Crippen molar-refractivity contribution >= 4 is 6.29 Å². The second kappa shape index (κ2) is 7.65. The van der Waals surface area contributed by atoms with E-state index in [4.69, 9.17) is 19.3 Å². The molecule has 0 saturated carbocycles. The van der Waals surface area contributed by atoms with Gasteiger partial charge in [0, 0.05) is 26.2 Å². The van der Waals surface area contributed by atoms with Gasteiger partial charge >= 0.3 is 0 Å². The molecular formula is C12H16O5. The molecule has 0 heterocycles. The number of hydrogen-bond donors (Lipinski definition) is 1. The Labute approximate surface area is 99.9 Å². The summed E-state index contributed by atoms with van der Waals surface area (Å²) in [5, 5.41) is 8.63. The minimum Gasteiger partial charge on any atom is -0.493 e. The molecule has 0 saturated heterocycles. The molecule has 1 aromatic carbocycles. The first-order chi connectivity index (χ1) is 8.31. The lowest BCUT2D eigenvalue weighted by atomic mass is 10.2. The number of methoxy groups -OCH3 is 1. The van der Waals surface area contributed by atoms with Gasteiger partial charge < -0.3 is 19.3 Å². The number of aliphatic hydroxyl groups is 1. The Balaban J connectivity index is 2.69. The van der Waals surface area contributed by atoms with Crippen molar-refractivity contribution in [3.05, 3.63) is 23.8 Å². The van der Waals surface area contributed by atoms with Gasteiger partial charge in [0.2, 0.25) is 0 Å². The third-order valence-corrected chi connectivity index (χ3v) is 2.02. The van der Waals surface area contributed by atoms with E-state index in [-0.39, 0.29) is 13.4 Å². The maximum absolute atomic E-state index is 10.8. The average molecular weight is 240 g/mol. The van der Waals surface area contributed by atoms with Gasteiger partial charge in [-0.3, -0.25) is 4.79 Å². The number of carbonyl (C=O) groups is 1. The molecular weight excluding hydrogens is 224 g/mol. The van der Waals surface area contributed by atoms with Crippen LogP contribution in [0.3, 0.4) is 0 Å². The number of aldehydes is 1. The molecule has 0 radical (unpaired) electrons. The van der Waals surface area contributed by atoms with Crippen molar-refractivity contribution in [1.29, 1.82) is 0 Å². The zero-order valence-electron chi connectivity index (χ0n) is 9.72. The summed E-state index contributed by atoms with van der Waals surface area (Å²) in [6.07, 6.45) is 1.27. The Kier molecular flexibility index (Phi) is 6.06. The topological polar surface area (TPSA) is 65.0 Å². The lowest BCUT2D eigenvalue weighted by Crippen LogP contribution is -2.03. The van der Waals surface area contributed by atoms with Crippen molar-refractivity contribution in [2.45, 2.75) is 6.42 Å². The number of aliphatic hydroxyl groups excluding tert-OH is 1. The molecule has 0 aromatic heterocycles. The maximum atomic E-state index is 10.8. The first-order valence-corrected chi connectivity index (χ1v) is 5.26. The molecule has 5 heteroatoms. The van der Waals surface area contributed by atoms with Crippen LogP contribution in [0.4, 0.5) is 0 Å². The van der Waals surface area contributed by atoms with E-state index in [1.807, 2.05) is 0 Å². The largest absolute Gasteiger partial charge is 0.493 e. The van der Waals surface area contributed by atoms with Crippen molar-refractivity contribution in [2.75, 3.05) is 27.1 Å². The molecule has 0 fully saturated rings. The predicted molar refractivity (Wildman–Crippen MR) is 61.5 cm³/mol. The van der Waals surface area contributed by atoms with Gasteiger partial charge in [0.15, 0.2) is 13.1 Å². The highest BCUT2D eigenvalue weighted by molar-refractivity contribution is 5.79. The Hall–Kier alpha value is -1.59. The zero-order chi connectivity index (χ0) is 12.5. The monoisotopic (exact) mass is 240 g/mol. The molecule has 0 atom stereocenters. The molecule has 0 unspecified atom stereocenters. The second-order valence-corrected chi connectivity index (χ2v) is 3.29. The van der Waals surface area contributed by atoms with E-state index < -0.39 is 0 Å². The third kappa shape index (κ3) is 4.42. The molecule has 0 aliphatic heterocycles. The van der Waals surface area contributed by atoms with E-state index in [0.29, 0.717) is 36.4 Å². The van der Waals surface area contributed by atoms with E-state index in [1.165, 1.54) is 7.11 Å². The third-order valence-electron chi connectivity index (χ3n) is 2.02. The van der Waals surface area contributed by atoms with Crippen LogP contribution >= 0.6 is 0 Å². The van der Waals surface area contributed by atoms with Crippen LogP contribution in [0.15, 0.2) is 18.2 Å². The molecule has 0 bridgehead atoms. The molecule has 17 heavy (non-hydrogen) atoms. The number of hydrogen-bond acceptors (Lipinski definition) is 5. The van der Waals surface area contributed by atoms with E-state index in [2.05, 4.69) is 0 Å². The smallest absolute Gasteiger partial charge is 0.188 e. The van der Waals surface area contributed by atoms with Crippen LogP contribution in [-0.4, -0.2) is 38.5 Å². The number of rotatable bonds is 8. The summed E-state index contributed by atoms with van der Waals surface area (Å²) in [6.45, 7) is 0.570. The van der Waals surface area contributed by atoms with Gasteiger partial charge in [0.25, 0.3) is 0 Å². The average Bonchev–Trinajstić information content (AvgIpc) is 2.37. The quantitative estimate of drug-likeness (QED) is 0.421. The fourth-order valence-electron chi connectivity index (χ4n) is 1.20. The van der Waals surface area contributed by atoms with Gasteiger partial charge in [-0.2, -0.15) is 0 Å². The van der Waals surface area contributed by atoms with Crippen molar-refractivity contribution in [3.63, 3.8) is 0 Å². The molecule has 1 rings (SSSR count). The van der Waals surface area contributed by atoms with Crippen LogP contribution in [0, 0.1) is 0 Å². The number of ether oxygens (including phenoxy) is 3. The van der Waals surface area contributed by atoms with Crippen molar-refractivity contribution in [2.24, 2.45) is 0 Å². The molecule has 94 valence electrons. The Bertz CT molecular complexity index is 351. The normalized spacial score (nSPS) is 10.0. The minimum absolute atomic E-state index is 0.0704. The van der Waals surface area contributed by atoms with Gasteiger partial charge in [-0.25, -0.2) is 0 Å². The first kappa shape index (κ1) is 13.5. The predicted octanol–water partition coefficient (Wildman–Crippen LogP) is 1.24. The Morgan fingerprint density at radius 1 is 1.35 bits per heavy atom. The highest BCUT2D eigenvalue weighted by Gasteiger charge is 2.05. The summed E-state index contributed by atoms with van der Waals surface area (Å²) in [4.78, 5) is 10.8. The van der Waals surface area contributed by atoms with Gasteiger partial charge in [-0.1, -0.05) is 0 Å². The molecule has 0 aliphatic carbocycles. The molecule has 5 nitrogen and oxygen atoms in total. The number of benzene rings is 1. The lowest BCUT2D eigenvalue weighted by Gasteiger charge is -2.10. The van der Waals surface area contributed by atoms with Crippen LogP contribution in [0.25, 0.3) is 0 Å². The highest BCUT2D eigenvalue weighted by Crippen LogP contribution is 2.23. The standard InChI is InChI=1S/C12H16O5/c1-15-9-17-12-7-11(16-6-2-5-13)4-3-10(12)8-14/h3-4,7-8,13H,2,5-6,9H2,1H3. The fraction of sp³-hybridized carbons (Fsp3) is 0.417. The van der Waals surface area contributed by atoms with Crippen LogP contribution in [-0.2, 0) is 4.74 Å². The van der Waals surface area contributed by atoms with Crippen LogP contribution < -0.4 is 9.47 Å². The lowest BCUT2D eigenvalue weighted by molar-refractivity contribution is 0.0503. The summed E-state index contributed by atoms with van der Waals surface area (Å²) in [5.74, 6) is 1.01. The Morgan fingerprint density at radius 2 is 2.18 bits per heavy atom. The molecule has 0 spiro atoms. The van der Waals surface area contributed by atoms with E-state index in [1.54, 1.807) is 18.2 Å². The van der Waals surface area contributed by atoms with Gasteiger partial charge in [-0.05, 0) is 12.1 Å². The first-order valence-electron chi connectivity index (χ1n) is 5.26. The van der Waals surface area contributed by atoms with Crippen LogP contribution in [0.2, 0.25) is 0 Å².